The van der Waals surface area contributed by atoms with E-state index in [0.29, 0.717) is 18.8 Å². The lowest BCUT2D eigenvalue weighted by atomic mass is 9.91. The van der Waals surface area contributed by atoms with Gasteiger partial charge >= 0.3 is 12.1 Å². The Bertz CT molecular complexity index is 445. The molecule has 1 amide bonds. The molecule has 0 aromatic carbocycles. The van der Waals surface area contributed by atoms with Gasteiger partial charge in [0.25, 0.3) is 0 Å². The van der Waals surface area contributed by atoms with E-state index in [0.717, 1.165) is 12.8 Å². The Hall–Kier alpha value is -1.52. The second-order valence-corrected chi connectivity index (χ2v) is 6.84. The van der Waals surface area contributed by atoms with Gasteiger partial charge in [-0.25, -0.2) is 4.79 Å². The van der Waals surface area contributed by atoms with Gasteiger partial charge in [0, 0.05) is 25.9 Å². The number of carbonyl (C=O) groups excluding carboxylic acids is 2. The largest absolute Gasteiger partial charge is 0.444 e. The summed E-state index contributed by atoms with van der Waals surface area (Å²) >= 11 is 0. The van der Waals surface area contributed by atoms with Crippen LogP contribution >= 0.6 is 0 Å². The van der Waals surface area contributed by atoms with Crippen molar-refractivity contribution in [3.05, 3.63) is 12.3 Å². The SMILES string of the molecule is C=C(OC(C)=O)[C@H]1CN(C(=O)OC(C)(C)C)CC12CC2. The molecule has 5 nitrogen and oxygen atoms in total. The highest BCUT2D eigenvalue weighted by atomic mass is 16.6. The predicted molar refractivity (Wildman–Crippen MR) is 73.9 cm³/mol. The summed E-state index contributed by atoms with van der Waals surface area (Å²) in [5.41, 5.74) is -0.456. The molecule has 0 N–H and O–H groups in total. The fourth-order valence-electron chi connectivity index (χ4n) is 2.80. The molecule has 1 aliphatic carbocycles. The zero-order valence-electron chi connectivity index (χ0n) is 12.7. The van der Waals surface area contributed by atoms with Crippen molar-refractivity contribution in [2.45, 2.75) is 46.1 Å². The van der Waals surface area contributed by atoms with Crippen LogP contribution in [-0.4, -0.2) is 35.7 Å². The van der Waals surface area contributed by atoms with E-state index in [4.69, 9.17) is 9.47 Å². The maximum atomic E-state index is 12.1. The maximum absolute atomic E-state index is 12.1. The van der Waals surface area contributed by atoms with Crippen molar-refractivity contribution in [1.29, 1.82) is 0 Å². The summed E-state index contributed by atoms with van der Waals surface area (Å²) < 4.78 is 10.5. The van der Waals surface area contributed by atoms with Crippen LogP contribution in [0.3, 0.4) is 0 Å². The van der Waals surface area contributed by atoms with Crippen LogP contribution < -0.4 is 0 Å². The number of rotatable bonds is 2. The standard InChI is InChI=1S/C15H23NO4/c1-10(19-11(2)17)12-8-16(9-15(12)6-7-15)13(18)20-14(3,4)5/h12H,1,6-9H2,2-5H3/t12-/m1/s1. The number of esters is 1. The monoisotopic (exact) mass is 281 g/mol. The van der Waals surface area contributed by atoms with Gasteiger partial charge < -0.3 is 14.4 Å². The van der Waals surface area contributed by atoms with E-state index in [1.54, 1.807) is 4.90 Å². The van der Waals surface area contributed by atoms with Gasteiger partial charge in [-0.1, -0.05) is 6.58 Å². The van der Waals surface area contributed by atoms with Gasteiger partial charge in [0.15, 0.2) is 0 Å². The molecule has 20 heavy (non-hydrogen) atoms. The molecule has 2 fully saturated rings. The first kappa shape index (κ1) is 14.9. The first-order valence-corrected chi connectivity index (χ1v) is 6.98. The summed E-state index contributed by atoms with van der Waals surface area (Å²) in [6, 6.07) is 0. The van der Waals surface area contributed by atoms with Gasteiger partial charge in [0.1, 0.15) is 11.4 Å². The minimum absolute atomic E-state index is 0.0268. The highest BCUT2D eigenvalue weighted by molar-refractivity contribution is 5.69. The molecule has 0 unspecified atom stereocenters. The Morgan fingerprint density at radius 3 is 2.35 bits per heavy atom. The molecule has 2 rings (SSSR count). The van der Waals surface area contributed by atoms with Gasteiger partial charge in [-0.15, -0.1) is 0 Å². The molecular weight excluding hydrogens is 258 g/mol. The number of likely N-dealkylation sites (tertiary alicyclic amines) is 1. The minimum atomic E-state index is -0.501. The summed E-state index contributed by atoms with van der Waals surface area (Å²) in [6.45, 7) is 12.0. The zero-order valence-corrected chi connectivity index (χ0v) is 12.7. The third-order valence-electron chi connectivity index (χ3n) is 3.86. The fraction of sp³-hybridized carbons (Fsp3) is 0.733. The number of nitrogens with zero attached hydrogens (tertiary/aromatic N) is 1. The van der Waals surface area contributed by atoms with Crippen molar-refractivity contribution < 1.29 is 19.1 Å². The van der Waals surface area contributed by atoms with Crippen LogP contribution in [-0.2, 0) is 14.3 Å². The van der Waals surface area contributed by atoms with Crippen LogP contribution in [0.4, 0.5) is 4.79 Å². The average Bonchev–Trinajstić information content (AvgIpc) is 2.87. The first-order valence-electron chi connectivity index (χ1n) is 6.98. The second kappa shape index (κ2) is 4.79. The van der Waals surface area contributed by atoms with Crippen molar-refractivity contribution in [2.75, 3.05) is 13.1 Å². The van der Waals surface area contributed by atoms with E-state index in [1.165, 1.54) is 6.92 Å². The van der Waals surface area contributed by atoms with Crippen LogP contribution in [0.5, 0.6) is 0 Å². The Kier molecular flexibility index (Phi) is 3.56. The average molecular weight is 281 g/mol. The van der Waals surface area contributed by atoms with Crippen molar-refractivity contribution in [3.8, 4) is 0 Å². The molecule has 112 valence electrons. The van der Waals surface area contributed by atoms with Crippen LogP contribution in [0.15, 0.2) is 12.3 Å². The second-order valence-electron chi connectivity index (χ2n) is 6.84. The van der Waals surface area contributed by atoms with Crippen molar-refractivity contribution in [3.63, 3.8) is 0 Å². The molecule has 0 aromatic rings. The number of amides is 1. The molecule has 0 aromatic heterocycles. The summed E-state index contributed by atoms with van der Waals surface area (Å²) in [5, 5.41) is 0. The van der Waals surface area contributed by atoms with Crippen LogP contribution in [0.1, 0.15) is 40.5 Å². The topological polar surface area (TPSA) is 55.8 Å². The van der Waals surface area contributed by atoms with Gasteiger partial charge in [0.05, 0.1) is 0 Å². The third-order valence-corrected chi connectivity index (χ3v) is 3.86. The van der Waals surface area contributed by atoms with Gasteiger partial charge in [0.2, 0.25) is 0 Å². The number of carbonyl (C=O) groups is 2. The molecule has 1 atom stereocenters. The number of hydrogen-bond acceptors (Lipinski definition) is 4. The number of hydrogen-bond donors (Lipinski definition) is 0. The molecule has 0 bridgehead atoms. The van der Waals surface area contributed by atoms with E-state index >= 15 is 0 Å². The summed E-state index contributed by atoms with van der Waals surface area (Å²) in [4.78, 5) is 24.9. The van der Waals surface area contributed by atoms with Crippen LogP contribution in [0, 0.1) is 11.3 Å². The highest BCUT2D eigenvalue weighted by Gasteiger charge is 2.58. The van der Waals surface area contributed by atoms with E-state index in [2.05, 4.69) is 6.58 Å². The quantitative estimate of drug-likeness (QED) is 0.577. The lowest BCUT2D eigenvalue weighted by molar-refractivity contribution is -0.137. The van der Waals surface area contributed by atoms with Gasteiger partial charge in [-0.05, 0) is 39.0 Å². The molecule has 2 aliphatic rings. The first-order chi connectivity index (χ1) is 9.13. The maximum Gasteiger partial charge on any atom is 0.410 e. The van der Waals surface area contributed by atoms with Crippen LogP contribution in [0.2, 0.25) is 0 Å². The van der Waals surface area contributed by atoms with E-state index in [9.17, 15) is 9.59 Å². The van der Waals surface area contributed by atoms with Gasteiger partial charge in [-0.3, -0.25) is 4.79 Å². The van der Waals surface area contributed by atoms with Crippen molar-refractivity contribution in [1.82, 2.24) is 4.90 Å². The van der Waals surface area contributed by atoms with E-state index in [1.807, 2.05) is 20.8 Å². The lowest BCUT2D eigenvalue weighted by Crippen LogP contribution is -2.35. The Morgan fingerprint density at radius 2 is 1.90 bits per heavy atom. The lowest BCUT2D eigenvalue weighted by Gasteiger charge is -2.24. The Balaban J connectivity index is 2.02. The molecule has 1 spiro atoms. The van der Waals surface area contributed by atoms with Crippen molar-refractivity contribution in [2.24, 2.45) is 11.3 Å². The number of ether oxygens (including phenoxy) is 2. The summed E-state index contributed by atoms with van der Waals surface area (Å²) in [6.07, 6.45) is 1.77. The molecule has 1 aliphatic heterocycles. The van der Waals surface area contributed by atoms with E-state index in [-0.39, 0.29) is 23.4 Å². The molecule has 5 heteroatoms. The summed E-state index contributed by atoms with van der Waals surface area (Å²) in [7, 11) is 0. The predicted octanol–water partition coefficient (Wildman–Crippen LogP) is 2.71. The Morgan fingerprint density at radius 1 is 1.30 bits per heavy atom. The Labute approximate surface area is 119 Å². The smallest absolute Gasteiger partial charge is 0.410 e. The molecular formula is C15H23NO4. The molecule has 1 saturated heterocycles. The molecule has 1 heterocycles. The molecule has 1 saturated carbocycles. The fourth-order valence-corrected chi connectivity index (χ4v) is 2.80. The highest BCUT2D eigenvalue weighted by Crippen LogP contribution is 2.58. The molecule has 0 radical (unpaired) electrons. The minimum Gasteiger partial charge on any atom is -0.444 e. The zero-order chi connectivity index (χ0) is 15.1. The van der Waals surface area contributed by atoms with Gasteiger partial charge in [-0.2, -0.15) is 0 Å². The summed E-state index contributed by atoms with van der Waals surface area (Å²) in [5.74, 6) is 0.140. The van der Waals surface area contributed by atoms with Crippen molar-refractivity contribution >= 4 is 12.1 Å². The van der Waals surface area contributed by atoms with Crippen LogP contribution in [0.25, 0.3) is 0 Å². The van der Waals surface area contributed by atoms with E-state index < -0.39 is 5.60 Å². The third kappa shape index (κ3) is 3.14. The normalized spacial score (nSPS) is 23.6.